The molecule has 0 amide bonds. The zero-order valence-electron chi connectivity index (χ0n) is 23.3. The quantitative estimate of drug-likeness (QED) is 0.335. The predicted octanol–water partition coefficient (Wildman–Crippen LogP) is 6.32. The molecule has 5 aliphatic carbocycles. The van der Waals surface area contributed by atoms with E-state index in [0.717, 1.165) is 24.4 Å². The fourth-order valence-electron chi connectivity index (χ4n) is 9.58. The fraction of sp³-hybridized carbons (Fsp3) is 0.594. The van der Waals surface area contributed by atoms with Crippen molar-refractivity contribution in [3.63, 3.8) is 0 Å². The second kappa shape index (κ2) is 7.95. The van der Waals surface area contributed by atoms with Crippen molar-refractivity contribution in [3.05, 3.63) is 65.5 Å². The summed E-state index contributed by atoms with van der Waals surface area (Å²) in [5.41, 5.74) is 2.21. The average molecular weight is 533 g/mol. The highest BCUT2D eigenvalue weighted by Gasteiger charge is 2.78. The number of ether oxygens (including phenoxy) is 3. The molecule has 6 aliphatic rings. The maximum absolute atomic E-state index is 14.0. The van der Waals surface area contributed by atoms with Gasteiger partial charge in [-0.15, -0.1) is 0 Å². The number of carbonyl (C=O) groups is 1. The van der Waals surface area contributed by atoms with E-state index in [-0.39, 0.29) is 39.8 Å². The number of carbonyl (C=O) groups excluding carboxylic acids is 1. The van der Waals surface area contributed by atoms with Crippen molar-refractivity contribution in [2.45, 2.75) is 69.9 Å². The lowest BCUT2D eigenvalue weighted by Gasteiger charge is -2.53. The summed E-state index contributed by atoms with van der Waals surface area (Å²) in [5, 5.41) is 0. The molecule has 1 aliphatic heterocycles. The van der Waals surface area contributed by atoms with Gasteiger partial charge in [-0.25, -0.2) is 0 Å². The number of ketones is 1. The number of hydrogen-bond acceptors (Lipinski definition) is 5. The Morgan fingerprint density at radius 1 is 0.974 bits per heavy atom. The number of benzene rings is 1. The standard InChI is InChI=1S/C32H40O5Si/c1-29-13-6-7-14-30(29)16-17-31(29,21-8-10-22(34-2)11-9-21)27-25(37-38(3,4)5)20-23-26(28(27)30)24(33)12-15-32(23)35-18-19-36-32/h8-12,15-17,23,26,28H,6-7,13-14,18-20H2,1-5H3/t23-,26+,28+,29+,30+,31-/m1/s1. The van der Waals surface area contributed by atoms with E-state index >= 15 is 0 Å². The van der Waals surface area contributed by atoms with Crippen LogP contribution in [0.25, 0.3) is 0 Å². The smallest absolute Gasteiger partial charge is 0.241 e. The molecule has 0 unspecified atom stereocenters. The molecule has 6 atom stereocenters. The maximum Gasteiger partial charge on any atom is 0.241 e. The molecule has 0 aromatic heterocycles. The van der Waals surface area contributed by atoms with Gasteiger partial charge in [0, 0.05) is 35.0 Å². The van der Waals surface area contributed by atoms with Crippen LogP contribution in [0.15, 0.2) is 59.9 Å². The lowest BCUT2D eigenvalue weighted by molar-refractivity contribution is -0.189. The summed E-state index contributed by atoms with van der Waals surface area (Å²) in [6, 6.07) is 8.68. The van der Waals surface area contributed by atoms with E-state index in [2.05, 4.69) is 63.0 Å². The summed E-state index contributed by atoms with van der Waals surface area (Å²) < 4.78 is 25.3. The molecule has 1 saturated heterocycles. The highest BCUT2D eigenvalue weighted by Crippen LogP contribution is 2.81. The van der Waals surface area contributed by atoms with Crippen LogP contribution in [-0.2, 0) is 24.1 Å². The Morgan fingerprint density at radius 2 is 1.68 bits per heavy atom. The van der Waals surface area contributed by atoms with Crippen LogP contribution < -0.4 is 4.74 Å². The molecule has 6 heteroatoms. The number of methoxy groups -OCH3 is 1. The van der Waals surface area contributed by atoms with E-state index in [1.165, 1.54) is 24.0 Å². The van der Waals surface area contributed by atoms with E-state index in [1.807, 2.05) is 6.08 Å². The molecular formula is C32H40O5Si. The van der Waals surface area contributed by atoms with Gasteiger partial charge in [-0.2, -0.15) is 0 Å². The largest absolute Gasteiger partial charge is 0.547 e. The summed E-state index contributed by atoms with van der Waals surface area (Å²) in [5.74, 6) is 1.18. The molecule has 1 aromatic rings. The Hall–Kier alpha value is -2.15. The van der Waals surface area contributed by atoms with Crippen molar-refractivity contribution in [2.24, 2.45) is 28.6 Å². The zero-order valence-corrected chi connectivity index (χ0v) is 24.3. The average Bonchev–Trinajstić information content (AvgIpc) is 3.53. The minimum atomic E-state index is -1.97. The van der Waals surface area contributed by atoms with Crippen LogP contribution in [0, 0.1) is 28.6 Å². The Morgan fingerprint density at radius 3 is 2.37 bits per heavy atom. The van der Waals surface area contributed by atoms with Crippen LogP contribution in [0.2, 0.25) is 19.6 Å². The van der Waals surface area contributed by atoms with Crippen LogP contribution in [0.3, 0.4) is 0 Å². The van der Waals surface area contributed by atoms with E-state index in [1.54, 1.807) is 13.2 Å². The molecule has 2 saturated carbocycles. The Bertz CT molecular complexity index is 1270. The molecule has 5 nitrogen and oxygen atoms in total. The van der Waals surface area contributed by atoms with Gasteiger partial charge in [0.25, 0.3) is 0 Å². The molecule has 7 rings (SSSR count). The number of allylic oxidation sites excluding steroid dienone is 5. The first kappa shape index (κ1) is 24.9. The van der Waals surface area contributed by atoms with Crippen LogP contribution in [0.4, 0.5) is 0 Å². The molecule has 38 heavy (non-hydrogen) atoms. The molecule has 2 bridgehead atoms. The van der Waals surface area contributed by atoms with E-state index in [0.29, 0.717) is 19.6 Å². The lowest BCUT2D eigenvalue weighted by atomic mass is 9.51. The third kappa shape index (κ3) is 2.92. The van der Waals surface area contributed by atoms with Crippen molar-refractivity contribution >= 4 is 14.1 Å². The topological polar surface area (TPSA) is 54.0 Å². The van der Waals surface area contributed by atoms with Gasteiger partial charge in [-0.3, -0.25) is 4.79 Å². The van der Waals surface area contributed by atoms with Crippen LogP contribution in [-0.4, -0.2) is 40.2 Å². The SMILES string of the molecule is COc1ccc([C@@]23C=C[C@@]4(CCCC[C@]24C)[C@@H]2C3=C(O[Si](C)(C)C)C[C@@H]3[C@H]2C(=O)C=CC32OCCO2)cc1. The third-order valence-electron chi connectivity index (χ3n) is 10.9. The molecule has 202 valence electrons. The molecule has 1 spiro atoms. The molecular weight excluding hydrogens is 492 g/mol. The van der Waals surface area contributed by atoms with Gasteiger partial charge in [0.1, 0.15) is 5.75 Å². The van der Waals surface area contributed by atoms with Crippen molar-refractivity contribution < 1.29 is 23.4 Å². The van der Waals surface area contributed by atoms with Crippen molar-refractivity contribution in [1.82, 2.24) is 0 Å². The van der Waals surface area contributed by atoms with Crippen molar-refractivity contribution in [3.8, 4) is 5.75 Å². The van der Waals surface area contributed by atoms with Crippen molar-refractivity contribution in [2.75, 3.05) is 20.3 Å². The van der Waals surface area contributed by atoms with Gasteiger partial charge in [0.05, 0.1) is 26.1 Å². The van der Waals surface area contributed by atoms with Crippen LogP contribution >= 0.6 is 0 Å². The van der Waals surface area contributed by atoms with E-state index < -0.39 is 14.1 Å². The van der Waals surface area contributed by atoms with Crippen molar-refractivity contribution in [1.29, 1.82) is 0 Å². The predicted molar refractivity (Wildman–Crippen MR) is 148 cm³/mol. The first-order valence-electron chi connectivity index (χ1n) is 14.4. The Kier molecular flexibility index (Phi) is 5.20. The van der Waals surface area contributed by atoms with Crippen LogP contribution in [0.5, 0.6) is 5.75 Å². The highest BCUT2D eigenvalue weighted by molar-refractivity contribution is 6.70. The fourth-order valence-corrected chi connectivity index (χ4v) is 10.5. The Labute approximate surface area is 227 Å². The van der Waals surface area contributed by atoms with Gasteiger partial charge >= 0.3 is 0 Å². The van der Waals surface area contributed by atoms with Crippen LogP contribution in [0.1, 0.15) is 44.6 Å². The minimum absolute atomic E-state index is 0.0399. The molecule has 0 radical (unpaired) electrons. The number of rotatable bonds is 4. The molecule has 1 heterocycles. The number of hydrogen-bond donors (Lipinski definition) is 0. The zero-order chi connectivity index (χ0) is 26.6. The number of fused-ring (bicyclic) bond motifs is 5. The molecule has 3 fully saturated rings. The first-order valence-corrected chi connectivity index (χ1v) is 17.8. The van der Waals surface area contributed by atoms with Gasteiger partial charge < -0.3 is 18.6 Å². The van der Waals surface area contributed by atoms with Gasteiger partial charge in [-0.1, -0.05) is 44.1 Å². The highest BCUT2D eigenvalue weighted by atomic mass is 28.4. The van der Waals surface area contributed by atoms with Gasteiger partial charge in [0.15, 0.2) is 11.6 Å². The molecule has 1 aromatic carbocycles. The van der Waals surface area contributed by atoms with Gasteiger partial charge in [-0.05, 0) is 73.3 Å². The monoisotopic (exact) mass is 532 g/mol. The lowest BCUT2D eigenvalue weighted by Crippen LogP contribution is -2.55. The third-order valence-corrected chi connectivity index (χ3v) is 11.7. The molecule has 0 N–H and O–H groups in total. The van der Waals surface area contributed by atoms with E-state index in [9.17, 15) is 4.79 Å². The normalized spacial score (nSPS) is 40.3. The van der Waals surface area contributed by atoms with Gasteiger partial charge in [0.2, 0.25) is 8.32 Å². The summed E-state index contributed by atoms with van der Waals surface area (Å²) >= 11 is 0. The Balaban J connectivity index is 1.52. The summed E-state index contributed by atoms with van der Waals surface area (Å²) in [6.07, 6.45) is 14.0. The maximum atomic E-state index is 14.0. The van der Waals surface area contributed by atoms with E-state index in [4.69, 9.17) is 18.6 Å². The minimum Gasteiger partial charge on any atom is -0.547 e. The summed E-state index contributed by atoms with van der Waals surface area (Å²) in [4.78, 5) is 14.0. The second-order valence-electron chi connectivity index (χ2n) is 13.5. The first-order chi connectivity index (χ1) is 18.1. The summed E-state index contributed by atoms with van der Waals surface area (Å²) in [7, 11) is -0.248. The second-order valence-corrected chi connectivity index (χ2v) is 17.9. The summed E-state index contributed by atoms with van der Waals surface area (Å²) in [6.45, 7) is 10.4.